The van der Waals surface area contributed by atoms with Crippen molar-refractivity contribution in [2.45, 2.75) is 16.9 Å². The van der Waals surface area contributed by atoms with Crippen molar-refractivity contribution < 1.29 is 29.3 Å². The first-order valence-electron chi connectivity index (χ1n) is 8.10. The maximum Gasteiger partial charge on any atom is 0.330 e. The number of hydrogen-bond acceptors (Lipinski definition) is 8. The van der Waals surface area contributed by atoms with Crippen LogP contribution in [0.5, 0.6) is 0 Å². The number of hydrogen-bond donors (Lipinski definition) is 2. The van der Waals surface area contributed by atoms with Crippen LogP contribution in [0.4, 0.5) is 0 Å². The van der Waals surface area contributed by atoms with Crippen molar-refractivity contribution >= 4 is 35.0 Å². The number of thioether (sulfide) groups is 1. The fourth-order valence-corrected chi connectivity index (χ4v) is 4.14. The molecule has 8 heteroatoms. The first kappa shape index (κ1) is 22.4. The molecule has 1 saturated heterocycles. The van der Waals surface area contributed by atoms with E-state index < -0.39 is 5.97 Å². The molecule has 0 radical (unpaired) electrons. The Morgan fingerprint density at radius 3 is 2.19 bits per heavy atom. The second kappa shape index (κ2) is 13.6. The van der Waals surface area contributed by atoms with E-state index >= 15 is 0 Å². The van der Waals surface area contributed by atoms with Crippen molar-refractivity contribution in [2.75, 3.05) is 26.4 Å². The Kier molecular flexibility index (Phi) is 11.7. The summed E-state index contributed by atoms with van der Waals surface area (Å²) in [5.41, 5.74) is 0. The topological polar surface area (TPSA) is 93.1 Å². The van der Waals surface area contributed by atoms with Gasteiger partial charge >= 0.3 is 11.9 Å². The molecule has 0 aliphatic carbocycles. The van der Waals surface area contributed by atoms with E-state index in [0.717, 1.165) is 12.5 Å². The zero-order valence-electron chi connectivity index (χ0n) is 14.4. The Hall–Kier alpha value is -1.61. The molecule has 6 nitrogen and oxygen atoms in total. The van der Waals surface area contributed by atoms with E-state index in [1.165, 1.54) is 0 Å². The lowest BCUT2D eigenvalue weighted by molar-refractivity contribution is -0.149. The summed E-state index contributed by atoms with van der Waals surface area (Å²) in [6, 6.07) is 4.04. The molecule has 2 aliphatic rings. The van der Waals surface area contributed by atoms with Crippen molar-refractivity contribution in [2.24, 2.45) is 5.92 Å². The van der Waals surface area contributed by atoms with E-state index in [0.29, 0.717) is 10.5 Å². The fourth-order valence-electron chi connectivity index (χ4n) is 2.19. The summed E-state index contributed by atoms with van der Waals surface area (Å²) in [4.78, 5) is 21.5. The maximum absolute atomic E-state index is 11.4. The molecule has 1 fully saturated rings. The molecule has 3 heterocycles. The van der Waals surface area contributed by atoms with Crippen molar-refractivity contribution in [3.05, 3.63) is 47.7 Å². The van der Waals surface area contributed by atoms with Gasteiger partial charge in [-0.05, 0) is 17.2 Å². The van der Waals surface area contributed by atoms with E-state index in [9.17, 15) is 9.59 Å². The van der Waals surface area contributed by atoms with Gasteiger partial charge in [0.25, 0.3) is 0 Å². The zero-order chi connectivity index (χ0) is 19.2. The molecule has 2 bridgehead atoms. The standard InChI is InChI=1S/C9H12O3S.C5H8O3.C4H4S/c10-3-4-12-9(11)7-5-6-1-2-8(7)13-6;1-2-5(7)8-4-3-6;1-2-4-5-3-1/h1-2,6-8,10H,3-5H2;2,6H,1,3-4H2;1-4H. The maximum atomic E-state index is 11.4. The van der Waals surface area contributed by atoms with Crippen molar-refractivity contribution in [1.82, 2.24) is 0 Å². The van der Waals surface area contributed by atoms with Crippen LogP contribution in [0.2, 0.25) is 0 Å². The second-order valence-corrected chi connectivity index (χ2v) is 7.38. The van der Waals surface area contributed by atoms with Crippen LogP contribution < -0.4 is 0 Å². The number of fused-ring (bicyclic) bond motifs is 2. The SMILES string of the molecule is C=CC(=O)OCCO.O=C(OCCO)C1CC2C=CC1S2.c1ccsc1. The molecule has 0 saturated carbocycles. The molecule has 0 spiro atoms. The summed E-state index contributed by atoms with van der Waals surface area (Å²) in [5, 5.41) is 21.5. The predicted octanol–water partition coefficient (Wildman–Crippen LogP) is 2.04. The third kappa shape index (κ3) is 8.66. The highest BCUT2D eigenvalue weighted by molar-refractivity contribution is 8.01. The fraction of sp³-hybridized carbons (Fsp3) is 0.444. The third-order valence-electron chi connectivity index (χ3n) is 3.30. The van der Waals surface area contributed by atoms with Crippen LogP contribution in [0, 0.1) is 5.92 Å². The number of aliphatic hydroxyl groups is 2. The molecule has 2 aliphatic heterocycles. The largest absolute Gasteiger partial charge is 0.463 e. The third-order valence-corrected chi connectivity index (χ3v) is 5.42. The van der Waals surface area contributed by atoms with E-state index in [4.69, 9.17) is 14.9 Å². The summed E-state index contributed by atoms with van der Waals surface area (Å²) >= 11 is 3.54. The highest BCUT2D eigenvalue weighted by atomic mass is 32.2. The Labute approximate surface area is 161 Å². The van der Waals surface area contributed by atoms with Gasteiger partial charge in [0, 0.05) is 16.6 Å². The van der Waals surface area contributed by atoms with Crippen molar-refractivity contribution in [3.8, 4) is 0 Å². The van der Waals surface area contributed by atoms with Gasteiger partial charge in [-0.3, -0.25) is 4.79 Å². The lowest BCUT2D eigenvalue weighted by atomic mass is 9.95. The van der Waals surface area contributed by atoms with Gasteiger partial charge in [0.1, 0.15) is 13.2 Å². The molecule has 0 amide bonds. The van der Waals surface area contributed by atoms with E-state index in [1.807, 2.05) is 34.7 Å². The van der Waals surface area contributed by atoms with Crippen LogP contribution in [-0.4, -0.2) is 59.1 Å². The van der Waals surface area contributed by atoms with Gasteiger partial charge in [-0.1, -0.05) is 30.9 Å². The summed E-state index contributed by atoms with van der Waals surface area (Å²) < 4.78 is 9.22. The minimum atomic E-state index is -0.501. The van der Waals surface area contributed by atoms with Crippen LogP contribution >= 0.6 is 23.1 Å². The molecule has 144 valence electrons. The average Bonchev–Trinajstić information content (AvgIpc) is 3.44. The summed E-state index contributed by atoms with van der Waals surface area (Å²) in [7, 11) is 0. The first-order chi connectivity index (χ1) is 12.6. The molecule has 1 aromatic heterocycles. The Morgan fingerprint density at radius 2 is 1.77 bits per heavy atom. The molecule has 3 rings (SSSR count). The summed E-state index contributed by atoms with van der Waals surface area (Å²) in [5.74, 6) is -0.635. The molecule has 3 atom stereocenters. The molecule has 26 heavy (non-hydrogen) atoms. The second-order valence-electron chi connectivity index (χ2n) is 5.15. The van der Waals surface area contributed by atoms with Gasteiger partial charge in [0.05, 0.1) is 19.1 Å². The normalized spacial score (nSPS) is 21.7. The van der Waals surface area contributed by atoms with Crippen LogP contribution in [-0.2, 0) is 19.1 Å². The van der Waals surface area contributed by atoms with Crippen LogP contribution in [0.15, 0.2) is 47.7 Å². The lowest BCUT2D eigenvalue weighted by Crippen LogP contribution is -2.25. The molecule has 1 aromatic rings. The quantitative estimate of drug-likeness (QED) is 0.429. The minimum absolute atomic E-state index is 0.0200. The number of carbonyl (C=O) groups excluding carboxylic acids is 2. The molecule has 3 unspecified atom stereocenters. The van der Waals surface area contributed by atoms with Gasteiger partial charge < -0.3 is 19.7 Å². The van der Waals surface area contributed by atoms with Crippen LogP contribution in [0.1, 0.15) is 6.42 Å². The van der Waals surface area contributed by atoms with Crippen LogP contribution in [0.25, 0.3) is 0 Å². The number of carbonyl (C=O) groups is 2. The Morgan fingerprint density at radius 1 is 1.12 bits per heavy atom. The molecular weight excluding hydrogens is 376 g/mol. The molecular formula is C18H24O6S2. The Balaban J connectivity index is 0.000000222. The van der Waals surface area contributed by atoms with Gasteiger partial charge in [-0.25, -0.2) is 4.79 Å². The van der Waals surface area contributed by atoms with E-state index in [-0.39, 0.29) is 38.3 Å². The summed E-state index contributed by atoms with van der Waals surface area (Å²) in [6.07, 6.45) is 6.20. The van der Waals surface area contributed by atoms with Crippen molar-refractivity contribution in [3.63, 3.8) is 0 Å². The van der Waals surface area contributed by atoms with Crippen molar-refractivity contribution in [1.29, 1.82) is 0 Å². The van der Waals surface area contributed by atoms with Gasteiger partial charge in [-0.2, -0.15) is 11.3 Å². The molecule has 2 N–H and O–H groups in total. The first-order valence-corrected chi connectivity index (χ1v) is 9.99. The lowest BCUT2D eigenvalue weighted by Gasteiger charge is -2.14. The number of rotatable bonds is 6. The smallest absolute Gasteiger partial charge is 0.330 e. The van der Waals surface area contributed by atoms with E-state index in [2.05, 4.69) is 23.5 Å². The number of thiophene rings is 1. The minimum Gasteiger partial charge on any atom is -0.463 e. The van der Waals surface area contributed by atoms with E-state index in [1.54, 1.807) is 11.3 Å². The Bertz CT molecular complexity index is 541. The predicted molar refractivity (Wildman–Crippen MR) is 103 cm³/mol. The van der Waals surface area contributed by atoms with Gasteiger partial charge in [0.2, 0.25) is 0 Å². The summed E-state index contributed by atoms with van der Waals surface area (Å²) in [6.45, 7) is 3.10. The van der Waals surface area contributed by atoms with Gasteiger partial charge in [-0.15, -0.1) is 11.8 Å². The molecule has 0 aromatic carbocycles. The van der Waals surface area contributed by atoms with Crippen LogP contribution in [0.3, 0.4) is 0 Å². The number of esters is 2. The monoisotopic (exact) mass is 400 g/mol. The van der Waals surface area contributed by atoms with Gasteiger partial charge in [0.15, 0.2) is 0 Å². The highest BCUT2D eigenvalue weighted by Crippen LogP contribution is 2.45. The highest BCUT2D eigenvalue weighted by Gasteiger charge is 2.41. The number of aliphatic hydroxyl groups excluding tert-OH is 2. The number of ether oxygens (including phenoxy) is 2. The average molecular weight is 401 g/mol. The zero-order valence-corrected chi connectivity index (χ0v) is 16.0.